The van der Waals surface area contributed by atoms with Crippen molar-refractivity contribution in [1.82, 2.24) is 20.2 Å². The molecule has 0 amide bonds. The minimum atomic E-state index is -4.47. The van der Waals surface area contributed by atoms with Gasteiger partial charge in [0, 0.05) is 6.54 Å². The fourth-order valence-corrected chi connectivity index (χ4v) is 1.60. The van der Waals surface area contributed by atoms with Crippen molar-refractivity contribution in [2.45, 2.75) is 58.2 Å². The van der Waals surface area contributed by atoms with Crippen LogP contribution in [0.3, 0.4) is 0 Å². The predicted octanol–water partition coefficient (Wildman–Crippen LogP) is 3.05. The lowest BCUT2D eigenvalue weighted by Gasteiger charge is -2.06. The first-order valence-electron chi connectivity index (χ1n) is 5.89. The van der Waals surface area contributed by atoms with Crippen LogP contribution in [-0.2, 0) is 12.7 Å². The van der Waals surface area contributed by atoms with E-state index in [1.54, 1.807) is 0 Å². The summed E-state index contributed by atoms with van der Waals surface area (Å²) in [5.74, 6) is -1.01. The molecule has 1 rings (SSSR count). The van der Waals surface area contributed by atoms with Crippen molar-refractivity contribution in [2.75, 3.05) is 0 Å². The molecule has 17 heavy (non-hydrogen) atoms. The summed E-state index contributed by atoms with van der Waals surface area (Å²) >= 11 is 0. The molecule has 0 aliphatic carbocycles. The molecule has 0 radical (unpaired) electrons. The Morgan fingerprint density at radius 2 is 1.71 bits per heavy atom. The van der Waals surface area contributed by atoms with Crippen molar-refractivity contribution in [2.24, 2.45) is 0 Å². The van der Waals surface area contributed by atoms with E-state index < -0.39 is 12.0 Å². The summed E-state index contributed by atoms with van der Waals surface area (Å²) in [4.78, 5) is 0. The van der Waals surface area contributed by atoms with Crippen LogP contribution in [0.4, 0.5) is 13.2 Å². The molecule has 0 aromatic carbocycles. The van der Waals surface area contributed by atoms with Crippen molar-refractivity contribution in [1.29, 1.82) is 0 Å². The molecule has 7 heteroatoms. The van der Waals surface area contributed by atoms with Gasteiger partial charge in [-0.05, 0) is 16.8 Å². The Hall–Kier alpha value is -1.14. The maximum atomic E-state index is 12.4. The maximum absolute atomic E-state index is 12.4. The monoisotopic (exact) mass is 250 g/mol. The van der Waals surface area contributed by atoms with Gasteiger partial charge in [-0.25, -0.2) is 4.68 Å². The number of hydrogen-bond acceptors (Lipinski definition) is 3. The second-order valence-corrected chi connectivity index (χ2v) is 3.99. The minimum Gasteiger partial charge on any atom is -0.222 e. The van der Waals surface area contributed by atoms with Crippen molar-refractivity contribution in [3.8, 4) is 0 Å². The van der Waals surface area contributed by atoms with E-state index in [1.807, 2.05) is 0 Å². The van der Waals surface area contributed by atoms with Gasteiger partial charge < -0.3 is 0 Å². The third kappa shape index (κ3) is 4.70. The number of nitrogens with zero attached hydrogens (tertiary/aromatic N) is 4. The van der Waals surface area contributed by atoms with Gasteiger partial charge >= 0.3 is 6.18 Å². The van der Waals surface area contributed by atoms with Crippen LogP contribution < -0.4 is 0 Å². The number of tetrazole rings is 1. The zero-order chi connectivity index (χ0) is 12.7. The first-order valence-corrected chi connectivity index (χ1v) is 5.89. The lowest BCUT2D eigenvalue weighted by atomic mass is 10.1. The Labute approximate surface area is 98.2 Å². The van der Waals surface area contributed by atoms with Crippen LogP contribution in [0.5, 0.6) is 0 Å². The molecule has 1 aromatic rings. The molecule has 1 aromatic heterocycles. The highest BCUT2D eigenvalue weighted by Crippen LogP contribution is 2.26. The Balaban J connectivity index is 2.30. The number of rotatable bonds is 7. The summed E-state index contributed by atoms with van der Waals surface area (Å²) in [6.07, 6.45) is 1.65. The molecule has 0 atom stereocenters. The van der Waals surface area contributed by atoms with Crippen LogP contribution in [0.15, 0.2) is 0 Å². The van der Waals surface area contributed by atoms with E-state index in [2.05, 4.69) is 22.4 Å². The smallest absolute Gasteiger partial charge is 0.222 e. The van der Waals surface area contributed by atoms with E-state index in [1.165, 1.54) is 6.42 Å². The van der Waals surface area contributed by atoms with Crippen molar-refractivity contribution in [3.63, 3.8) is 0 Å². The number of aryl methyl sites for hydroxylation is 1. The highest BCUT2D eigenvalue weighted by atomic mass is 19.4. The van der Waals surface area contributed by atoms with E-state index in [0.29, 0.717) is 6.42 Å². The molecule has 1 heterocycles. The molecule has 0 bridgehead atoms. The molecule has 0 aliphatic rings. The van der Waals surface area contributed by atoms with Gasteiger partial charge in [0.1, 0.15) is 0 Å². The number of hydrogen-bond donors (Lipinski definition) is 0. The van der Waals surface area contributed by atoms with Gasteiger partial charge in [-0.3, -0.25) is 0 Å². The molecule has 0 unspecified atom stereocenters. The molecule has 0 saturated carbocycles. The molecular weight excluding hydrogens is 233 g/mol. The Kier molecular flexibility index (Phi) is 5.37. The van der Waals surface area contributed by atoms with Gasteiger partial charge in [0.15, 0.2) is 0 Å². The highest BCUT2D eigenvalue weighted by Gasteiger charge is 2.37. The SMILES string of the molecule is CCCCCCCCn1nnnc1C(F)(F)F. The van der Waals surface area contributed by atoms with Gasteiger partial charge in [-0.2, -0.15) is 13.2 Å². The van der Waals surface area contributed by atoms with Crippen LogP contribution in [0, 0.1) is 0 Å². The van der Waals surface area contributed by atoms with Gasteiger partial charge in [-0.1, -0.05) is 39.0 Å². The molecule has 0 spiro atoms. The summed E-state index contributed by atoms with van der Waals surface area (Å²) < 4.78 is 38.0. The average molecular weight is 250 g/mol. The van der Waals surface area contributed by atoms with Crippen LogP contribution in [0.1, 0.15) is 51.3 Å². The summed E-state index contributed by atoms with van der Waals surface area (Å²) in [7, 11) is 0. The number of unbranched alkanes of at least 4 members (excludes halogenated alkanes) is 5. The summed E-state index contributed by atoms with van der Waals surface area (Å²) in [5.41, 5.74) is 0. The third-order valence-electron chi connectivity index (χ3n) is 2.51. The number of alkyl halides is 3. The third-order valence-corrected chi connectivity index (χ3v) is 2.51. The zero-order valence-corrected chi connectivity index (χ0v) is 9.87. The molecule has 0 aliphatic heterocycles. The van der Waals surface area contributed by atoms with Crippen molar-refractivity contribution in [3.05, 3.63) is 5.82 Å². The fraction of sp³-hybridized carbons (Fsp3) is 0.900. The van der Waals surface area contributed by atoms with Gasteiger partial charge in [-0.15, -0.1) is 5.10 Å². The van der Waals surface area contributed by atoms with E-state index >= 15 is 0 Å². The Bertz CT molecular complexity index is 322. The molecule has 0 N–H and O–H groups in total. The van der Waals surface area contributed by atoms with Gasteiger partial charge in [0.25, 0.3) is 5.82 Å². The standard InChI is InChI=1S/C10H17F3N4/c1-2-3-4-5-6-7-8-17-9(10(11,12)13)14-15-16-17/h2-8H2,1H3. The average Bonchev–Trinajstić information content (AvgIpc) is 2.71. The molecular formula is C10H17F3N4. The zero-order valence-electron chi connectivity index (χ0n) is 9.87. The summed E-state index contributed by atoms with van der Waals surface area (Å²) in [5, 5.41) is 9.40. The van der Waals surface area contributed by atoms with E-state index in [0.717, 1.165) is 30.4 Å². The number of halogens is 3. The quantitative estimate of drug-likeness (QED) is 0.698. The second kappa shape index (κ2) is 6.56. The Morgan fingerprint density at radius 3 is 2.35 bits per heavy atom. The second-order valence-electron chi connectivity index (χ2n) is 3.99. The van der Waals surface area contributed by atoms with Crippen LogP contribution >= 0.6 is 0 Å². The lowest BCUT2D eigenvalue weighted by molar-refractivity contribution is -0.148. The lowest BCUT2D eigenvalue weighted by Crippen LogP contribution is -2.16. The maximum Gasteiger partial charge on any atom is 0.453 e. The molecule has 4 nitrogen and oxygen atoms in total. The highest BCUT2D eigenvalue weighted by molar-refractivity contribution is 4.86. The van der Waals surface area contributed by atoms with Crippen molar-refractivity contribution < 1.29 is 13.2 Å². The predicted molar refractivity (Wildman–Crippen MR) is 56.2 cm³/mol. The Morgan fingerprint density at radius 1 is 1.06 bits per heavy atom. The minimum absolute atomic E-state index is 0.230. The summed E-state index contributed by atoms with van der Waals surface area (Å²) in [6, 6.07) is 0. The van der Waals surface area contributed by atoms with E-state index in [-0.39, 0.29) is 6.54 Å². The first-order chi connectivity index (χ1) is 8.05. The van der Waals surface area contributed by atoms with Crippen LogP contribution in [0.25, 0.3) is 0 Å². The fourth-order valence-electron chi connectivity index (χ4n) is 1.60. The van der Waals surface area contributed by atoms with Gasteiger partial charge in [0.2, 0.25) is 0 Å². The number of aromatic nitrogens is 4. The topological polar surface area (TPSA) is 43.6 Å². The molecule has 0 fully saturated rings. The largest absolute Gasteiger partial charge is 0.453 e. The molecule has 98 valence electrons. The van der Waals surface area contributed by atoms with E-state index in [4.69, 9.17) is 0 Å². The van der Waals surface area contributed by atoms with Gasteiger partial charge in [0.05, 0.1) is 0 Å². The van der Waals surface area contributed by atoms with Crippen molar-refractivity contribution >= 4 is 0 Å². The van der Waals surface area contributed by atoms with Crippen LogP contribution in [-0.4, -0.2) is 20.2 Å². The first kappa shape index (κ1) is 13.9. The summed E-state index contributed by atoms with van der Waals surface area (Å²) in [6.45, 7) is 2.35. The normalized spacial score (nSPS) is 12.0. The van der Waals surface area contributed by atoms with Crippen LogP contribution in [0.2, 0.25) is 0 Å². The molecule has 0 saturated heterocycles. The van der Waals surface area contributed by atoms with E-state index in [9.17, 15) is 13.2 Å².